The first kappa shape index (κ1) is 20.6. The fraction of sp³-hybridized carbons (Fsp3) is 0.571. The molecular formula is C21H34O. The molecule has 0 amide bonds. The third-order valence-corrected chi connectivity index (χ3v) is 3.60. The summed E-state index contributed by atoms with van der Waals surface area (Å²) in [4.78, 5) is 11.0. The molecule has 0 rings (SSSR count). The van der Waals surface area contributed by atoms with E-state index in [4.69, 9.17) is 0 Å². The molecule has 0 aliphatic heterocycles. The highest BCUT2D eigenvalue weighted by molar-refractivity contribution is 5.87. The second-order valence-electron chi connectivity index (χ2n) is 6.60. The van der Waals surface area contributed by atoms with Crippen molar-refractivity contribution < 1.29 is 4.79 Å². The highest BCUT2D eigenvalue weighted by Crippen LogP contribution is 2.13. The molecule has 0 aliphatic rings. The van der Waals surface area contributed by atoms with Crippen LogP contribution < -0.4 is 0 Å². The van der Waals surface area contributed by atoms with E-state index in [1.807, 2.05) is 6.92 Å². The summed E-state index contributed by atoms with van der Waals surface area (Å²) in [6.07, 6.45) is 15.3. The summed E-state index contributed by atoms with van der Waals surface area (Å²) in [5.41, 5.74) is 5.52. The van der Waals surface area contributed by atoms with Gasteiger partial charge in [0, 0.05) is 0 Å². The van der Waals surface area contributed by atoms with Gasteiger partial charge in [0.2, 0.25) is 0 Å². The maximum Gasteiger partial charge on any atom is 0.152 e. The van der Waals surface area contributed by atoms with E-state index in [2.05, 4.69) is 45.9 Å². The first-order chi connectivity index (χ1) is 10.3. The molecular weight excluding hydrogens is 268 g/mol. The van der Waals surface area contributed by atoms with Crippen molar-refractivity contribution in [1.82, 2.24) is 0 Å². The number of ketones is 1. The van der Waals surface area contributed by atoms with Gasteiger partial charge in [-0.1, -0.05) is 40.5 Å². The van der Waals surface area contributed by atoms with Gasteiger partial charge >= 0.3 is 0 Å². The van der Waals surface area contributed by atoms with Gasteiger partial charge < -0.3 is 0 Å². The summed E-state index contributed by atoms with van der Waals surface area (Å²) < 4.78 is 0. The van der Waals surface area contributed by atoms with E-state index < -0.39 is 0 Å². The van der Waals surface area contributed by atoms with Crippen LogP contribution in [0.1, 0.15) is 80.1 Å². The van der Waals surface area contributed by atoms with Crippen LogP contribution >= 0.6 is 0 Å². The van der Waals surface area contributed by atoms with Crippen molar-refractivity contribution in [3.63, 3.8) is 0 Å². The van der Waals surface area contributed by atoms with Gasteiger partial charge in [-0.2, -0.15) is 0 Å². The van der Waals surface area contributed by atoms with Crippen molar-refractivity contribution in [1.29, 1.82) is 0 Å². The summed E-state index contributed by atoms with van der Waals surface area (Å²) in [7, 11) is 0. The normalized spacial score (nSPS) is 13.3. The molecule has 0 bridgehead atoms. The Balaban J connectivity index is 4.01. The molecule has 1 heteroatoms. The molecule has 0 saturated carbocycles. The third kappa shape index (κ3) is 13.6. The molecule has 0 aromatic rings. The summed E-state index contributed by atoms with van der Waals surface area (Å²) >= 11 is 0. The van der Waals surface area contributed by atoms with Gasteiger partial charge in [-0.3, -0.25) is 4.79 Å². The Bertz CT molecular complexity index is 454. The van der Waals surface area contributed by atoms with Crippen LogP contribution in [0, 0.1) is 0 Å². The maximum atomic E-state index is 11.0. The van der Waals surface area contributed by atoms with Crippen LogP contribution in [-0.4, -0.2) is 5.78 Å². The lowest BCUT2D eigenvalue weighted by molar-refractivity contribution is -0.112. The van der Waals surface area contributed by atoms with E-state index in [0.29, 0.717) is 0 Å². The zero-order chi connectivity index (χ0) is 17.0. The minimum absolute atomic E-state index is 0.145. The van der Waals surface area contributed by atoms with Gasteiger partial charge in [0.05, 0.1) is 0 Å². The number of rotatable bonds is 10. The number of allylic oxidation sites excluding steroid dienone is 8. The fourth-order valence-corrected chi connectivity index (χ4v) is 2.30. The van der Waals surface area contributed by atoms with Crippen LogP contribution in [-0.2, 0) is 4.79 Å². The lowest BCUT2D eigenvalue weighted by atomic mass is 10.0. The topological polar surface area (TPSA) is 17.1 Å². The smallest absolute Gasteiger partial charge is 0.152 e. The molecule has 22 heavy (non-hydrogen) atoms. The summed E-state index contributed by atoms with van der Waals surface area (Å²) in [5.74, 6) is 0.145. The highest BCUT2D eigenvalue weighted by atomic mass is 16.1. The second-order valence-corrected chi connectivity index (χ2v) is 6.60. The van der Waals surface area contributed by atoms with Crippen LogP contribution in [0.5, 0.6) is 0 Å². The molecule has 0 atom stereocenters. The summed E-state index contributed by atoms with van der Waals surface area (Å²) in [6, 6.07) is 0. The molecule has 0 aromatic carbocycles. The van der Waals surface area contributed by atoms with Crippen molar-refractivity contribution in [3.8, 4) is 0 Å². The van der Waals surface area contributed by atoms with Gasteiger partial charge in [0.1, 0.15) is 0 Å². The quantitative estimate of drug-likeness (QED) is 0.323. The van der Waals surface area contributed by atoms with Gasteiger partial charge in [0.25, 0.3) is 0 Å². The van der Waals surface area contributed by atoms with Gasteiger partial charge in [-0.05, 0) is 86.1 Å². The predicted octanol–water partition coefficient (Wildman–Crippen LogP) is 6.72. The molecule has 124 valence electrons. The molecule has 0 saturated heterocycles. The summed E-state index contributed by atoms with van der Waals surface area (Å²) in [6.45, 7) is 12.4. The third-order valence-electron chi connectivity index (χ3n) is 3.60. The molecule has 0 heterocycles. The molecule has 0 radical (unpaired) electrons. The molecule has 0 aromatic heterocycles. The van der Waals surface area contributed by atoms with E-state index in [9.17, 15) is 4.79 Å². The van der Waals surface area contributed by atoms with Crippen molar-refractivity contribution in [3.05, 3.63) is 46.6 Å². The number of carbonyl (C=O) groups is 1. The lowest BCUT2D eigenvalue weighted by Gasteiger charge is -2.02. The van der Waals surface area contributed by atoms with Crippen molar-refractivity contribution >= 4 is 5.78 Å². The maximum absolute atomic E-state index is 11.0. The van der Waals surface area contributed by atoms with Gasteiger partial charge in [-0.15, -0.1) is 0 Å². The molecule has 0 unspecified atom stereocenters. The Hall–Kier alpha value is -1.37. The van der Waals surface area contributed by atoms with Crippen LogP contribution in [0.2, 0.25) is 0 Å². The molecule has 0 spiro atoms. The van der Waals surface area contributed by atoms with Crippen LogP contribution in [0.3, 0.4) is 0 Å². The van der Waals surface area contributed by atoms with E-state index >= 15 is 0 Å². The standard InChI is InChI=1S/C21H34O/c1-17(2)10-7-11-18(3)12-8-13-19(4)14-9-15-20(5)16-21(6)22/h10,12,14,16H,7-9,11,13,15H2,1-6H3/b18-12+,19-14+,20-16+. The highest BCUT2D eigenvalue weighted by Gasteiger charge is 1.94. The van der Waals surface area contributed by atoms with Crippen molar-refractivity contribution in [2.45, 2.75) is 80.1 Å². The fourth-order valence-electron chi connectivity index (χ4n) is 2.30. The van der Waals surface area contributed by atoms with Crippen molar-refractivity contribution in [2.24, 2.45) is 0 Å². The van der Waals surface area contributed by atoms with E-state index in [0.717, 1.165) is 32.1 Å². The van der Waals surface area contributed by atoms with Crippen LogP contribution in [0.15, 0.2) is 46.6 Å². The van der Waals surface area contributed by atoms with E-state index in [1.165, 1.54) is 28.7 Å². The van der Waals surface area contributed by atoms with Crippen LogP contribution in [0.25, 0.3) is 0 Å². The Morgan fingerprint density at radius 3 is 1.45 bits per heavy atom. The number of hydrogen-bond donors (Lipinski definition) is 0. The first-order valence-corrected chi connectivity index (χ1v) is 8.43. The molecule has 0 N–H and O–H groups in total. The number of hydrogen-bond acceptors (Lipinski definition) is 1. The molecule has 0 aliphatic carbocycles. The van der Waals surface area contributed by atoms with E-state index in [1.54, 1.807) is 13.0 Å². The van der Waals surface area contributed by atoms with Crippen molar-refractivity contribution in [2.75, 3.05) is 0 Å². The largest absolute Gasteiger partial charge is 0.295 e. The van der Waals surface area contributed by atoms with E-state index in [-0.39, 0.29) is 5.78 Å². The monoisotopic (exact) mass is 302 g/mol. The Kier molecular flexibility index (Phi) is 11.4. The van der Waals surface area contributed by atoms with Gasteiger partial charge in [-0.25, -0.2) is 0 Å². The average molecular weight is 303 g/mol. The Labute approximate surface area is 137 Å². The minimum atomic E-state index is 0.145. The SMILES string of the molecule is CC(=O)/C=C(\C)CC/C=C(\C)CC/C=C(\C)CCC=C(C)C. The predicted molar refractivity (Wildman–Crippen MR) is 99.1 cm³/mol. The first-order valence-electron chi connectivity index (χ1n) is 8.43. The Morgan fingerprint density at radius 1 is 0.636 bits per heavy atom. The van der Waals surface area contributed by atoms with Gasteiger partial charge in [0.15, 0.2) is 5.78 Å². The zero-order valence-corrected chi connectivity index (χ0v) is 15.5. The van der Waals surface area contributed by atoms with Crippen LogP contribution in [0.4, 0.5) is 0 Å². The molecule has 0 fully saturated rings. The molecule has 1 nitrogen and oxygen atoms in total. The number of carbonyl (C=O) groups excluding carboxylic acids is 1. The zero-order valence-electron chi connectivity index (χ0n) is 15.5. The minimum Gasteiger partial charge on any atom is -0.295 e. The Morgan fingerprint density at radius 2 is 1.05 bits per heavy atom. The second kappa shape index (κ2) is 12.2. The summed E-state index contributed by atoms with van der Waals surface area (Å²) in [5, 5.41) is 0. The lowest BCUT2D eigenvalue weighted by Crippen LogP contribution is -1.86. The average Bonchev–Trinajstić information content (AvgIpc) is 2.37.